The second-order valence-electron chi connectivity index (χ2n) is 5.52. The van der Waals surface area contributed by atoms with Crippen LogP contribution in [0.1, 0.15) is 5.56 Å². The molecule has 0 fully saturated rings. The lowest BCUT2D eigenvalue weighted by Gasteiger charge is -2.10. The van der Waals surface area contributed by atoms with Gasteiger partial charge in [-0.1, -0.05) is 6.07 Å². The molecule has 2 aromatic carbocycles. The molecule has 0 atom stereocenters. The lowest BCUT2D eigenvalue weighted by Crippen LogP contribution is -2.12. The SMILES string of the molecule is N#Cc1cc(Nc2nc(Nc3cccc(S(N)(=O)=O)c3)ncc2F)ccc1F. The van der Waals surface area contributed by atoms with Gasteiger partial charge in [-0.25, -0.2) is 27.3 Å². The number of nitrogens with one attached hydrogen (secondary N) is 2. The van der Waals surface area contributed by atoms with Gasteiger partial charge < -0.3 is 10.6 Å². The van der Waals surface area contributed by atoms with Crippen molar-refractivity contribution >= 4 is 33.2 Å². The smallest absolute Gasteiger partial charge is 0.238 e. The van der Waals surface area contributed by atoms with Crippen LogP contribution in [-0.2, 0) is 10.0 Å². The maximum Gasteiger partial charge on any atom is 0.238 e. The van der Waals surface area contributed by atoms with E-state index in [0.29, 0.717) is 5.69 Å². The molecule has 0 radical (unpaired) electrons. The van der Waals surface area contributed by atoms with Crippen LogP contribution < -0.4 is 15.8 Å². The van der Waals surface area contributed by atoms with E-state index in [9.17, 15) is 17.2 Å². The van der Waals surface area contributed by atoms with Gasteiger partial charge in [-0.3, -0.25) is 0 Å². The average molecular weight is 402 g/mol. The molecule has 4 N–H and O–H groups in total. The van der Waals surface area contributed by atoms with Gasteiger partial charge in [-0.05, 0) is 36.4 Å². The summed E-state index contributed by atoms with van der Waals surface area (Å²) < 4.78 is 50.3. The highest BCUT2D eigenvalue weighted by Gasteiger charge is 2.11. The lowest BCUT2D eigenvalue weighted by molar-refractivity contribution is 0.598. The summed E-state index contributed by atoms with van der Waals surface area (Å²) in [4.78, 5) is 7.63. The first kappa shape index (κ1) is 19.2. The summed E-state index contributed by atoms with van der Waals surface area (Å²) in [6.45, 7) is 0. The molecule has 8 nitrogen and oxygen atoms in total. The molecular formula is C17H12F2N6O2S. The van der Waals surface area contributed by atoms with Crippen molar-refractivity contribution in [3.8, 4) is 6.07 Å². The van der Waals surface area contributed by atoms with E-state index in [2.05, 4.69) is 20.6 Å². The molecule has 0 saturated carbocycles. The van der Waals surface area contributed by atoms with Crippen molar-refractivity contribution in [2.45, 2.75) is 4.90 Å². The Hall–Kier alpha value is -3.62. The number of anilines is 4. The predicted octanol–water partition coefficient (Wildman–Crippen LogP) is 2.76. The van der Waals surface area contributed by atoms with Crippen molar-refractivity contribution in [2.75, 3.05) is 10.6 Å². The zero-order valence-electron chi connectivity index (χ0n) is 14.0. The molecule has 28 heavy (non-hydrogen) atoms. The fourth-order valence-electron chi connectivity index (χ4n) is 2.22. The van der Waals surface area contributed by atoms with E-state index < -0.39 is 21.7 Å². The van der Waals surface area contributed by atoms with Crippen molar-refractivity contribution in [1.82, 2.24) is 9.97 Å². The maximum atomic E-state index is 14.0. The molecule has 0 aliphatic rings. The number of primary sulfonamides is 1. The summed E-state index contributed by atoms with van der Waals surface area (Å²) in [5.74, 6) is -1.74. The fraction of sp³-hybridized carbons (Fsp3) is 0. The molecule has 0 amide bonds. The number of nitrogens with zero attached hydrogens (tertiary/aromatic N) is 3. The van der Waals surface area contributed by atoms with Crippen molar-refractivity contribution in [3.05, 3.63) is 65.9 Å². The summed E-state index contributed by atoms with van der Waals surface area (Å²) in [6.07, 6.45) is 0.899. The Morgan fingerprint density at radius 3 is 2.50 bits per heavy atom. The molecule has 0 aliphatic heterocycles. The van der Waals surface area contributed by atoms with Crippen LogP contribution in [0.5, 0.6) is 0 Å². The van der Waals surface area contributed by atoms with Gasteiger partial charge in [0.25, 0.3) is 0 Å². The molecule has 142 valence electrons. The molecule has 11 heteroatoms. The van der Waals surface area contributed by atoms with Crippen LogP contribution in [-0.4, -0.2) is 18.4 Å². The first-order valence-corrected chi connectivity index (χ1v) is 9.20. The first-order chi connectivity index (χ1) is 13.3. The standard InChI is InChI=1S/C17H12F2N6O2S/c18-14-5-4-12(6-10(14)8-20)23-16-15(19)9-22-17(25-16)24-11-2-1-3-13(7-11)28(21,26)27/h1-7,9H,(H2,21,26,27)(H2,22,23,24,25). The molecule has 0 unspecified atom stereocenters. The largest absolute Gasteiger partial charge is 0.338 e. The second-order valence-corrected chi connectivity index (χ2v) is 7.08. The summed E-state index contributed by atoms with van der Waals surface area (Å²) in [7, 11) is -3.89. The fourth-order valence-corrected chi connectivity index (χ4v) is 2.78. The molecule has 1 aromatic heterocycles. The van der Waals surface area contributed by atoms with Crippen LogP contribution in [0.4, 0.5) is 31.9 Å². The normalized spacial score (nSPS) is 10.9. The molecule has 0 spiro atoms. The van der Waals surface area contributed by atoms with E-state index >= 15 is 0 Å². The van der Waals surface area contributed by atoms with Crippen LogP contribution in [0.2, 0.25) is 0 Å². The zero-order chi connectivity index (χ0) is 20.3. The Kier molecular flexibility index (Phi) is 5.16. The Bertz CT molecular complexity index is 1190. The minimum absolute atomic E-state index is 0.0295. The highest BCUT2D eigenvalue weighted by molar-refractivity contribution is 7.89. The van der Waals surface area contributed by atoms with Gasteiger partial charge in [0.05, 0.1) is 16.7 Å². The quantitative estimate of drug-likeness (QED) is 0.597. The van der Waals surface area contributed by atoms with Crippen molar-refractivity contribution in [2.24, 2.45) is 5.14 Å². The summed E-state index contributed by atoms with van der Waals surface area (Å²) in [5.41, 5.74) is 0.355. The van der Waals surface area contributed by atoms with E-state index in [1.165, 1.54) is 30.3 Å². The van der Waals surface area contributed by atoms with Gasteiger partial charge in [0.1, 0.15) is 11.9 Å². The zero-order valence-corrected chi connectivity index (χ0v) is 14.8. The molecule has 0 saturated heterocycles. The maximum absolute atomic E-state index is 14.0. The summed E-state index contributed by atoms with van der Waals surface area (Å²) in [5, 5.41) is 19.3. The van der Waals surface area contributed by atoms with E-state index in [1.807, 2.05) is 0 Å². The van der Waals surface area contributed by atoms with Crippen molar-refractivity contribution in [3.63, 3.8) is 0 Å². The number of hydrogen-bond donors (Lipinski definition) is 3. The molecule has 3 rings (SSSR count). The Morgan fingerprint density at radius 1 is 1.04 bits per heavy atom. The minimum Gasteiger partial charge on any atom is -0.338 e. The van der Waals surface area contributed by atoms with E-state index in [-0.39, 0.29) is 27.9 Å². The summed E-state index contributed by atoms with van der Waals surface area (Å²) in [6, 6.07) is 10.9. The third-order valence-corrected chi connectivity index (χ3v) is 4.42. The van der Waals surface area contributed by atoms with Gasteiger partial charge in [0.15, 0.2) is 11.6 Å². The number of sulfonamides is 1. The molecule has 0 aliphatic carbocycles. The van der Waals surface area contributed by atoms with Gasteiger partial charge in [0.2, 0.25) is 16.0 Å². The first-order valence-electron chi connectivity index (χ1n) is 7.65. The monoisotopic (exact) mass is 402 g/mol. The van der Waals surface area contributed by atoms with Gasteiger partial charge in [-0.2, -0.15) is 10.2 Å². The van der Waals surface area contributed by atoms with Gasteiger partial charge in [-0.15, -0.1) is 0 Å². The van der Waals surface area contributed by atoms with E-state index in [1.54, 1.807) is 12.1 Å². The van der Waals surface area contributed by atoms with Gasteiger partial charge in [0, 0.05) is 11.4 Å². The van der Waals surface area contributed by atoms with Crippen LogP contribution in [0.25, 0.3) is 0 Å². The van der Waals surface area contributed by atoms with Gasteiger partial charge >= 0.3 is 0 Å². The number of hydrogen-bond acceptors (Lipinski definition) is 7. The number of rotatable bonds is 5. The second kappa shape index (κ2) is 7.55. The number of benzene rings is 2. The number of halogens is 2. The number of nitriles is 1. The topological polar surface area (TPSA) is 134 Å². The van der Waals surface area contributed by atoms with E-state index in [4.69, 9.17) is 10.4 Å². The summed E-state index contributed by atoms with van der Waals surface area (Å²) >= 11 is 0. The Balaban J connectivity index is 1.87. The van der Waals surface area contributed by atoms with Crippen LogP contribution in [0.15, 0.2) is 53.6 Å². The third-order valence-electron chi connectivity index (χ3n) is 3.51. The highest BCUT2D eigenvalue weighted by atomic mass is 32.2. The predicted molar refractivity (Wildman–Crippen MR) is 97.5 cm³/mol. The van der Waals surface area contributed by atoms with Crippen LogP contribution in [0, 0.1) is 23.0 Å². The lowest BCUT2D eigenvalue weighted by atomic mass is 10.2. The number of aromatic nitrogens is 2. The number of nitrogens with two attached hydrogens (primary N) is 1. The minimum atomic E-state index is -3.89. The molecular weight excluding hydrogens is 390 g/mol. The molecule has 3 aromatic rings. The van der Waals surface area contributed by atoms with Crippen LogP contribution in [0.3, 0.4) is 0 Å². The van der Waals surface area contributed by atoms with Crippen molar-refractivity contribution in [1.29, 1.82) is 5.26 Å². The Morgan fingerprint density at radius 2 is 1.79 bits per heavy atom. The van der Waals surface area contributed by atoms with Crippen molar-refractivity contribution < 1.29 is 17.2 Å². The van der Waals surface area contributed by atoms with E-state index in [0.717, 1.165) is 12.3 Å². The molecule has 0 bridgehead atoms. The van der Waals surface area contributed by atoms with Crippen LogP contribution >= 0.6 is 0 Å². The average Bonchev–Trinajstić information content (AvgIpc) is 2.65. The Labute approximate surface area is 158 Å². The third kappa shape index (κ3) is 4.37. The highest BCUT2D eigenvalue weighted by Crippen LogP contribution is 2.23. The molecule has 1 heterocycles.